The number of nitrogens with zero attached hydrogens (tertiary/aromatic N) is 5. The molecular formula is C21H20Cl2N6O2S. The van der Waals surface area contributed by atoms with Gasteiger partial charge in [-0.05, 0) is 31.5 Å². The average molecular weight is 491 g/mol. The highest BCUT2D eigenvalue weighted by Gasteiger charge is 2.22. The number of carbonyl (C=O) groups excluding carboxylic acids is 1. The summed E-state index contributed by atoms with van der Waals surface area (Å²) < 4.78 is 3.47. The monoisotopic (exact) mass is 490 g/mol. The van der Waals surface area contributed by atoms with Crippen LogP contribution in [0.5, 0.6) is 0 Å². The zero-order valence-corrected chi connectivity index (χ0v) is 19.7. The number of hydrogen-bond acceptors (Lipinski definition) is 6. The Morgan fingerprint density at radius 3 is 2.78 bits per heavy atom. The van der Waals surface area contributed by atoms with Crippen LogP contribution in [0.25, 0.3) is 16.7 Å². The number of para-hydroxylation sites is 1. The molecular weight excluding hydrogens is 471 g/mol. The molecule has 11 heteroatoms. The number of rotatable bonds is 7. The van der Waals surface area contributed by atoms with Crippen molar-refractivity contribution in [2.24, 2.45) is 0 Å². The Hall–Kier alpha value is -2.62. The van der Waals surface area contributed by atoms with E-state index >= 15 is 0 Å². The first-order chi connectivity index (χ1) is 15.4. The first kappa shape index (κ1) is 22.6. The van der Waals surface area contributed by atoms with Crippen molar-refractivity contribution in [2.75, 3.05) is 5.32 Å². The van der Waals surface area contributed by atoms with Gasteiger partial charge in [0.2, 0.25) is 11.7 Å². The van der Waals surface area contributed by atoms with Crippen molar-refractivity contribution < 1.29 is 4.79 Å². The lowest BCUT2D eigenvalue weighted by Gasteiger charge is -2.13. The lowest BCUT2D eigenvalue weighted by atomic mass is 10.2. The van der Waals surface area contributed by atoms with Crippen LogP contribution < -0.4 is 10.9 Å². The summed E-state index contributed by atoms with van der Waals surface area (Å²) in [6.45, 7) is 4.36. The Bertz CT molecular complexity index is 1370. The van der Waals surface area contributed by atoms with E-state index in [0.717, 1.165) is 12.8 Å². The Labute approximate surface area is 198 Å². The second-order valence-electron chi connectivity index (χ2n) is 7.18. The minimum atomic E-state index is -0.536. The highest BCUT2D eigenvalue weighted by Crippen LogP contribution is 2.27. The van der Waals surface area contributed by atoms with Gasteiger partial charge in [-0.3, -0.25) is 18.6 Å². The van der Waals surface area contributed by atoms with Gasteiger partial charge >= 0.3 is 0 Å². The molecule has 8 nitrogen and oxygen atoms in total. The smallest absolute Gasteiger partial charge is 0.262 e. The number of carbonyl (C=O) groups is 1. The summed E-state index contributed by atoms with van der Waals surface area (Å²) in [5.74, 6) is 0.394. The highest BCUT2D eigenvalue weighted by molar-refractivity contribution is 8.00. The Morgan fingerprint density at radius 2 is 2.03 bits per heavy atom. The van der Waals surface area contributed by atoms with Crippen LogP contribution in [0, 0.1) is 0 Å². The number of aromatic nitrogens is 5. The van der Waals surface area contributed by atoms with E-state index in [0.29, 0.717) is 33.4 Å². The maximum Gasteiger partial charge on any atom is 0.262 e. The Kier molecular flexibility index (Phi) is 6.68. The van der Waals surface area contributed by atoms with E-state index in [4.69, 9.17) is 23.2 Å². The van der Waals surface area contributed by atoms with Gasteiger partial charge in [0.25, 0.3) is 5.56 Å². The van der Waals surface area contributed by atoms with E-state index in [1.807, 2.05) is 22.6 Å². The highest BCUT2D eigenvalue weighted by atomic mass is 35.5. The number of amides is 1. The second kappa shape index (κ2) is 9.48. The fraction of sp³-hybridized carbons (Fsp3) is 0.286. The average Bonchev–Trinajstić information content (AvgIpc) is 3.19. The van der Waals surface area contributed by atoms with Crippen LogP contribution in [0.2, 0.25) is 10.0 Å². The van der Waals surface area contributed by atoms with Gasteiger partial charge < -0.3 is 5.32 Å². The number of pyridine rings is 1. The van der Waals surface area contributed by atoms with Gasteiger partial charge in [-0.1, -0.05) is 60.4 Å². The molecule has 3 aromatic heterocycles. The van der Waals surface area contributed by atoms with Crippen LogP contribution in [0.3, 0.4) is 0 Å². The normalized spacial score (nSPS) is 12.4. The number of aryl methyl sites for hydroxylation is 1. The zero-order valence-electron chi connectivity index (χ0n) is 17.4. The second-order valence-corrected chi connectivity index (χ2v) is 9.33. The van der Waals surface area contributed by atoms with Gasteiger partial charge in [0, 0.05) is 12.7 Å². The molecule has 32 heavy (non-hydrogen) atoms. The Balaban J connectivity index is 1.69. The van der Waals surface area contributed by atoms with E-state index < -0.39 is 5.25 Å². The van der Waals surface area contributed by atoms with Crippen molar-refractivity contribution >= 4 is 63.4 Å². The van der Waals surface area contributed by atoms with Crippen LogP contribution in [0.4, 0.5) is 5.82 Å². The summed E-state index contributed by atoms with van der Waals surface area (Å²) in [5, 5.41) is 12.5. The van der Waals surface area contributed by atoms with Crippen molar-refractivity contribution in [3.8, 4) is 0 Å². The van der Waals surface area contributed by atoms with E-state index in [-0.39, 0.29) is 22.3 Å². The minimum absolute atomic E-state index is 0.0975. The number of benzene rings is 1. The number of thioether (sulfide) groups is 1. The number of anilines is 1. The number of fused-ring (bicyclic) bond motifs is 3. The van der Waals surface area contributed by atoms with E-state index in [1.165, 1.54) is 24.0 Å². The number of nitrogens with one attached hydrogen (secondary N) is 1. The molecule has 0 radical (unpaired) electrons. The SMILES string of the molecule is CCCCn1c(=O)c2ccccc2n2c(SC(C)C(=O)Nc3ncc(Cl)cc3Cl)nnc12. The third kappa shape index (κ3) is 4.32. The molecule has 1 amide bonds. The van der Waals surface area contributed by atoms with E-state index in [1.54, 1.807) is 17.6 Å². The number of halogens is 2. The van der Waals surface area contributed by atoms with E-state index in [2.05, 4.69) is 27.4 Å². The standard InChI is InChI=1S/C21H20Cl2N6O2S/c1-3-4-9-28-19(31)14-7-5-6-8-16(14)29-20(28)26-27-21(29)32-12(2)18(30)25-17-15(23)10-13(22)11-24-17/h5-8,10-12H,3-4,9H2,1-2H3,(H,24,25,30). The summed E-state index contributed by atoms with van der Waals surface area (Å²) in [6, 6.07) is 8.84. The van der Waals surface area contributed by atoms with Crippen molar-refractivity contribution in [3.05, 3.63) is 56.9 Å². The molecule has 1 N–H and O–H groups in total. The summed E-state index contributed by atoms with van der Waals surface area (Å²) in [5.41, 5.74) is 0.600. The molecule has 1 unspecified atom stereocenters. The lowest BCUT2D eigenvalue weighted by molar-refractivity contribution is -0.115. The molecule has 166 valence electrons. The molecule has 3 heterocycles. The number of unbranched alkanes of at least 4 members (excludes halogenated alkanes) is 1. The largest absolute Gasteiger partial charge is 0.308 e. The first-order valence-corrected chi connectivity index (χ1v) is 11.7. The Morgan fingerprint density at radius 1 is 1.25 bits per heavy atom. The lowest BCUT2D eigenvalue weighted by Crippen LogP contribution is -2.24. The fourth-order valence-corrected chi connectivity index (χ4v) is 4.55. The van der Waals surface area contributed by atoms with Gasteiger partial charge in [-0.2, -0.15) is 0 Å². The van der Waals surface area contributed by atoms with Gasteiger partial charge in [-0.15, -0.1) is 10.2 Å². The summed E-state index contributed by atoms with van der Waals surface area (Å²) in [6.07, 6.45) is 3.20. The minimum Gasteiger partial charge on any atom is -0.308 e. The third-order valence-corrected chi connectivity index (χ3v) is 6.45. The summed E-state index contributed by atoms with van der Waals surface area (Å²) in [4.78, 5) is 29.9. The zero-order chi connectivity index (χ0) is 22.8. The maximum absolute atomic E-state index is 13.0. The molecule has 4 aromatic rings. The van der Waals surface area contributed by atoms with Crippen LogP contribution in [-0.2, 0) is 11.3 Å². The fourth-order valence-electron chi connectivity index (χ4n) is 3.26. The maximum atomic E-state index is 13.0. The van der Waals surface area contributed by atoms with Crippen molar-refractivity contribution in [1.82, 2.24) is 24.1 Å². The molecule has 0 aliphatic rings. The summed E-state index contributed by atoms with van der Waals surface area (Å²) >= 11 is 13.2. The van der Waals surface area contributed by atoms with Crippen molar-refractivity contribution in [2.45, 2.75) is 43.6 Å². The molecule has 0 bridgehead atoms. The van der Waals surface area contributed by atoms with Crippen LogP contribution >= 0.6 is 35.0 Å². The first-order valence-electron chi connectivity index (χ1n) is 10.1. The number of hydrogen-bond donors (Lipinski definition) is 1. The van der Waals surface area contributed by atoms with Gasteiger partial charge in [-0.25, -0.2) is 4.98 Å². The topological polar surface area (TPSA) is 94.2 Å². The van der Waals surface area contributed by atoms with Gasteiger partial charge in [0.1, 0.15) is 0 Å². The van der Waals surface area contributed by atoms with Crippen LogP contribution in [0.15, 0.2) is 46.5 Å². The van der Waals surface area contributed by atoms with Crippen LogP contribution in [-0.4, -0.2) is 35.3 Å². The molecule has 0 aliphatic carbocycles. The molecule has 1 aromatic carbocycles. The summed E-state index contributed by atoms with van der Waals surface area (Å²) in [7, 11) is 0. The molecule has 0 fully saturated rings. The van der Waals surface area contributed by atoms with Crippen molar-refractivity contribution in [1.29, 1.82) is 0 Å². The molecule has 0 aliphatic heterocycles. The molecule has 0 saturated heterocycles. The molecule has 4 rings (SSSR count). The predicted octanol–water partition coefficient (Wildman–Crippen LogP) is 4.67. The van der Waals surface area contributed by atoms with Gasteiger partial charge in [0.15, 0.2) is 11.0 Å². The van der Waals surface area contributed by atoms with Crippen LogP contribution in [0.1, 0.15) is 26.7 Å². The molecule has 1 atom stereocenters. The van der Waals surface area contributed by atoms with Gasteiger partial charge in [0.05, 0.1) is 26.2 Å². The predicted molar refractivity (Wildman–Crippen MR) is 128 cm³/mol. The van der Waals surface area contributed by atoms with E-state index in [9.17, 15) is 9.59 Å². The van der Waals surface area contributed by atoms with Crippen molar-refractivity contribution in [3.63, 3.8) is 0 Å². The molecule has 0 spiro atoms. The quantitative estimate of drug-likeness (QED) is 0.378. The third-order valence-electron chi connectivity index (χ3n) is 4.91. The molecule has 0 saturated carbocycles.